The molecule has 4 nitrogen and oxygen atoms in total. The van der Waals surface area contributed by atoms with Crippen molar-refractivity contribution in [2.45, 2.75) is 26.2 Å². The summed E-state index contributed by atoms with van der Waals surface area (Å²) in [4.78, 5) is 14.7. The highest BCUT2D eigenvalue weighted by atomic mass is 19.1. The van der Waals surface area contributed by atoms with Crippen LogP contribution < -0.4 is 10.5 Å². The lowest BCUT2D eigenvalue weighted by Gasteiger charge is -2.19. The lowest BCUT2D eigenvalue weighted by atomic mass is 9.87. The topological polar surface area (TPSA) is 65.2 Å². The molecule has 0 spiro atoms. The van der Waals surface area contributed by atoms with Gasteiger partial charge in [0.25, 0.3) is 5.88 Å². The summed E-state index contributed by atoms with van der Waals surface area (Å²) in [5, 5.41) is 0. The molecule has 0 aliphatic heterocycles. The van der Waals surface area contributed by atoms with Crippen LogP contribution in [0.1, 0.15) is 36.7 Å². The second-order valence-electron chi connectivity index (χ2n) is 5.75. The molecule has 0 aliphatic rings. The number of carbonyl (C=O) groups is 1. The Morgan fingerprint density at radius 1 is 1.24 bits per heavy atom. The molecule has 0 unspecified atom stereocenters. The molecule has 0 radical (unpaired) electrons. The number of rotatable bonds is 3. The molecule has 1 amide bonds. The summed E-state index contributed by atoms with van der Waals surface area (Å²) < 4.78 is 19.1. The summed E-state index contributed by atoms with van der Waals surface area (Å²) in [6.07, 6.45) is 1.18. The molecule has 21 heavy (non-hydrogen) atoms. The van der Waals surface area contributed by atoms with E-state index in [1.165, 1.54) is 6.20 Å². The summed E-state index contributed by atoms with van der Waals surface area (Å²) in [5.74, 6) is -1.18. The molecule has 5 heteroatoms. The number of benzene rings is 1. The van der Waals surface area contributed by atoms with Crippen LogP contribution in [0.25, 0.3) is 0 Å². The van der Waals surface area contributed by atoms with Gasteiger partial charge in [-0.05, 0) is 29.2 Å². The number of ether oxygens (including phenoxy) is 1. The quantitative estimate of drug-likeness (QED) is 0.941. The second kappa shape index (κ2) is 5.52. The van der Waals surface area contributed by atoms with Gasteiger partial charge in [-0.25, -0.2) is 9.37 Å². The fourth-order valence-electron chi connectivity index (χ4n) is 1.77. The van der Waals surface area contributed by atoms with Crippen LogP contribution in [0, 0.1) is 5.82 Å². The average molecular weight is 288 g/mol. The first-order valence-corrected chi connectivity index (χ1v) is 6.51. The van der Waals surface area contributed by atoms with E-state index in [4.69, 9.17) is 10.5 Å². The van der Waals surface area contributed by atoms with E-state index in [0.717, 1.165) is 11.6 Å². The van der Waals surface area contributed by atoms with Crippen LogP contribution in [0.4, 0.5) is 4.39 Å². The number of nitrogens with two attached hydrogens (primary N) is 1. The lowest BCUT2D eigenvalue weighted by molar-refractivity contribution is 0.0999. The van der Waals surface area contributed by atoms with E-state index in [0.29, 0.717) is 5.75 Å². The van der Waals surface area contributed by atoms with Crippen LogP contribution in [-0.2, 0) is 5.41 Å². The van der Waals surface area contributed by atoms with E-state index in [9.17, 15) is 9.18 Å². The molecule has 2 rings (SSSR count). The molecule has 0 atom stereocenters. The molecular formula is C16H17FN2O2. The van der Waals surface area contributed by atoms with E-state index < -0.39 is 11.7 Å². The Bertz CT molecular complexity index is 661. The van der Waals surface area contributed by atoms with Crippen molar-refractivity contribution in [3.63, 3.8) is 0 Å². The van der Waals surface area contributed by atoms with Gasteiger partial charge in [0.05, 0.1) is 5.56 Å². The maximum absolute atomic E-state index is 13.8. The fourth-order valence-corrected chi connectivity index (χ4v) is 1.77. The normalized spacial score (nSPS) is 11.2. The van der Waals surface area contributed by atoms with Gasteiger partial charge < -0.3 is 10.5 Å². The molecular weight excluding hydrogens is 271 g/mol. The largest absolute Gasteiger partial charge is 0.436 e. The first-order chi connectivity index (χ1) is 9.77. The van der Waals surface area contributed by atoms with E-state index >= 15 is 0 Å². The number of amides is 1. The number of primary amides is 1. The zero-order valence-corrected chi connectivity index (χ0v) is 12.2. The molecule has 1 aromatic carbocycles. The first kappa shape index (κ1) is 15.0. The smallest absolute Gasteiger partial charge is 0.255 e. The Balaban J connectivity index is 2.20. The van der Waals surface area contributed by atoms with Gasteiger partial charge >= 0.3 is 0 Å². The highest BCUT2D eigenvalue weighted by molar-refractivity contribution is 5.92. The van der Waals surface area contributed by atoms with Crippen molar-refractivity contribution < 1.29 is 13.9 Å². The molecule has 0 fully saturated rings. The van der Waals surface area contributed by atoms with E-state index in [2.05, 4.69) is 25.8 Å². The molecule has 0 saturated carbocycles. The number of pyridine rings is 1. The van der Waals surface area contributed by atoms with Crippen LogP contribution in [0.15, 0.2) is 36.5 Å². The minimum absolute atomic E-state index is 0.00271. The third-order valence-corrected chi connectivity index (χ3v) is 3.03. The van der Waals surface area contributed by atoms with Crippen molar-refractivity contribution in [3.8, 4) is 11.6 Å². The molecule has 2 N–H and O–H groups in total. The zero-order valence-electron chi connectivity index (χ0n) is 12.2. The average Bonchev–Trinajstić information content (AvgIpc) is 2.40. The number of halogens is 1. The van der Waals surface area contributed by atoms with Crippen molar-refractivity contribution in [1.29, 1.82) is 0 Å². The summed E-state index contributed by atoms with van der Waals surface area (Å²) in [7, 11) is 0. The molecule has 0 bridgehead atoms. The maximum atomic E-state index is 13.8. The second-order valence-corrected chi connectivity index (χ2v) is 5.75. The van der Waals surface area contributed by atoms with Gasteiger partial charge in [-0.1, -0.05) is 32.9 Å². The summed E-state index contributed by atoms with van der Waals surface area (Å²) in [5.41, 5.74) is 6.24. The highest BCUT2D eigenvalue weighted by Gasteiger charge is 2.14. The van der Waals surface area contributed by atoms with Crippen LogP contribution in [0.3, 0.4) is 0 Å². The van der Waals surface area contributed by atoms with Crippen LogP contribution in [-0.4, -0.2) is 10.9 Å². The standard InChI is InChI=1S/C16H17FN2O2/c1-16(2,3)11-4-6-12(7-5-11)21-15-13(17)8-10(9-19-15)14(18)20/h4-9H,1-3H3,(H2,18,20). The number of hydrogen-bond donors (Lipinski definition) is 1. The summed E-state index contributed by atoms with van der Waals surface area (Å²) in [6.45, 7) is 6.31. The summed E-state index contributed by atoms with van der Waals surface area (Å²) >= 11 is 0. The van der Waals surface area contributed by atoms with Gasteiger partial charge in [0.2, 0.25) is 5.91 Å². The van der Waals surface area contributed by atoms with E-state index in [1.54, 1.807) is 12.1 Å². The molecule has 110 valence electrons. The van der Waals surface area contributed by atoms with Crippen molar-refractivity contribution in [3.05, 3.63) is 53.5 Å². The number of nitrogens with zero attached hydrogens (tertiary/aromatic N) is 1. The van der Waals surface area contributed by atoms with E-state index in [1.807, 2.05) is 12.1 Å². The molecule has 2 aromatic rings. The predicted octanol–water partition coefficient (Wildman–Crippen LogP) is 3.41. The maximum Gasteiger partial charge on any atom is 0.255 e. The lowest BCUT2D eigenvalue weighted by Crippen LogP contribution is -2.12. The van der Waals surface area contributed by atoms with Gasteiger partial charge in [-0.15, -0.1) is 0 Å². The number of aromatic nitrogens is 1. The monoisotopic (exact) mass is 288 g/mol. The Labute approximate surface area is 122 Å². The highest BCUT2D eigenvalue weighted by Crippen LogP contribution is 2.27. The Morgan fingerprint density at radius 2 is 1.86 bits per heavy atom. The molecule has 0 saturated heterocycles. The molecule has 1 heterocycles. The van der Waals surface area contributed by atoms with Gasteiger partial charge in [0.15, 0.2) is 5.82 Å². The predicted molar refractivity (Wildman–Crippen MR) is 77.9 cm³/mol. The number of hydrogen-bond acceptors (Lipinski definition) is 3. The van der Waals surface area contributed by atoms with Crippen LogP contribution >= 0.6 is 0 Å². The van der Waals surface area contributed by atoms with Crippen LogP contribution in [0.2, 0.25) is 0 Å². The zero-order chi connectivity index (χ0) is 15.6. The molecule has 1 aromatic heterocycles. The Hall–Kier alpha value is -2.43. The number of carbonyl (C=O) groups excluding carboxylic acids is 1. The van der Waals surface area contributed by atoms with Crippen LogP contribution in [0.5, 0.6) is 11.6 Å². The molecule has 0 aliphatic carbocycles. The van der Waals surface area contributed by atoms with E-state index in [-0.39, 0.29) is 16.9 Å². The van der Waals surface area contributed by atoms with Crippen molar-refractivity contribution in [1.82, 2.24) is 4.98 Å². The van der Waals surface area contributed by atoms with Gasteiger partial charge in [0.1, 0.15) is 5.75 Å². The van der Waals surface area contributed by atoms with Crippen molar-refractivity contribution >= 4 is 5.91 Å². The Kier molecular flexibility index (Phi) is 3.93. The first-order valence-electron chi connectivity index (χ1n) is 6.51. The minimum Gasteiger partial charge on any atom is -0.436 e. The van der Waals surface area contributed by atoms with Gasteiger partial charge in [0, 0.05) is 6.20 Å². The van der Waals surface area contributed by atoms with Crippen molar-refractivity contribution in [2.75, 3.05) is 0 Å². The third-order valence-electron chi connectivity index (χ3n) is 3.03. The third kappa shape index (κ3) is 3.56. The van der Waals surface area contributed by atoms with Gasteiger partial charge in [-0.2, -0.15) is 0 Å². The van der Waals surface area contributed by atoms with Gasteiger partial charge in [-0.3, -0.25) is 4.79 Å². The van der Waals surface area contributed by atoms with Crippen molar-refractivity contribution in [2.24, 2.45) is 5.73 Å². The SMILES string of the molecule is CC(C)(C)c1ccc(Oc2ncc(C(N)=O)cc2F)cc1. The Morgan fingerprint density at radius 3 is 2.33 bits per heavy atom. The summed E-state index contributed by atoms with van der Waals surface area (Å²) in [6, 6.07) is 8.36. The fraction of sp³-hybridized carbons (Fsp3) is 0.250. The minimum atomic E-state index is -0.734.